The molecule has 15 heavy (non-hydrogen) atoms. The molecule has 1 aromatic rings. The molecule has 1 atom stereocenters. The summed E-state index contributed by atoms with van der Waals surface area (Å²) in [6.45, 7) is 1.88. The summed E-state index contributed by atoms with van der Waals surface area (Å²) in [6.07, 6.45) is -0.734. The Labute approximate surface area is 102 Å². The minimum atomic E-state index is -0.734. The second kappa shape index (κ2) is 5.32. The third-order valence-electron chi connectivity index (χ3n) is 1.85. The number of hydrogen-bond donors (Lipinski definition) is 3. The van der Waals surface area contributed by atoms with E-state index < -0.39 is 6.10 Å². The van der Waals surface area contributed by atoms with Crippen molar-refractivity contribution < 1.29 is 10.2 Å². The second-order valence-electron chi connectivity index (χ2n) is 3.20. The van der Waals surface area contributed by atoms with Gasteiger partial charge in [0.25, 0.3) is 0 Å². The van der Waals surface area contributed by atoms with Crippen molar-refractivity contribution in [3.63, 3.8) is 0 Å². The van der Waals surface area contributed by atoms with E-state index in [9.17, 15) is 10.2 Å². The van der Waals surface area contributed by atoms with E-state index in [4.69, 9.17) is 5.73 Å². The van der Waals surface area contributed by atoms with Gasteiger partial charge in [-0.2, -0.15) is 0 Å². The van der Waals surface area contributed by atoms with Crippen molar-refractivity contribution >= 4 is 28.4 Å². The molecule has 0 amide bonds. The van der Waals surface area contributed by atoms with Crippen LogP contribution >= 0.6 is 22.6 Å². The predicted octanol–water partition coefficient (Wildman–Crippen LogP) is 1.41. The molecule has 82 valence electrons. The first-order valence-corrected chi connectivity index (χ1v) is 5.51. The van der Waals surface area contributed by atoms with Gasteiger partial charge in [-0.15, -0.1) is 0 Å². The molecule has 0 fully saturated rings. The van der Waals surface area contributed by atoms with Crippen molar-refractivity contribution in [2.24, 2.45) is 10.7 Å². The molecule has 0 saturated heterocycles. The average molecular weight is 324 g/mol. The topological polar surface area (TPSA) is 78.8 Å². The maximum atomic E-state index is 9.80. The molecule has 4 nitrogen and oxygen atoms in total. The van der Waals surface area contributed by atoms with Gasteiger partial charge < -0.3 is 15.9 Å². The van der Waals surface area contributed by atoms with Crippen molar-refractivity contribution in [2.45, 2.75) is 13.0 Å². The van der Waals surface area contributed by atoms with Crippen molar-refractivity contribution in [1.82, 2.24) is 0 Å². The number of hydrogen-bond acceptors (Lipinski definition) is 3. The lowest BCUT2D eigenvalue weighted by molar-refractivity contribution is 0.186. The zero-order chi connectivity index (χ0) is 11.4. The number of halogens is 1. The average Bonchev–Trinajstić information content (AvgIpc) is 2.18. The van der Waals surface area contributed by atoms with Gasteiger partial charge in [-0.05, 0) is 53.3 Å². The van der Waals surface area contributed by atoms with Gasteiger partial charge in [0, 0.05) is 3.57 Å². The first-order chi connectivity index (χ1) is 7.00. The van der Waals surface area contributed by atoms with Gasteiger partial charge in [0.15, 0.2) is 0 Å². The molecule has 0 radical (unpaired) electrons. The number of aliphatic hydroxyl groups is 1. The molecular formula is C10H13IN2O2. The number of nitrogens with zero attached hydrogens (tertiary/aromatic N) is 1. The third kappa shape index (κ3) is 3.67. The zero-order valence-corrected chi connectivity index (χ0v) is 10.5. The van der Waals surface area contributed by atoms with Gasteiger partial charge in [0.05, 0.1) is 18.5 Å². The van der Waals surface area contributed by atoms with Gasteiger partial charge >= 0.3 is 0 Å². The number of phenolic OH excluding ortho intramolecular Hbond substituents is 1. The standard InChI is InChI=1S/C10H13IN2O2/c1-6(12)13-5-10(15)8-4-7(14)2-3-9(8)11/h2-4,10,14-15H,5H2,1H3,(H2,12,13)/t10-/m0/s1/i11+4. The number of aromatic hydroxyl groups is 1. The number of rotatable bonds is 3. The fourth-order valence-electron chi connectivity index (χ4n) is 1.12. The number of nitrogens with two attached hydrogens (primary N) is 1. The van der Waals surface area contributed by atoms with E-state index in [-0.39, 0.29) is 12.3 Å². The van der Waals surface area contributed by atoms with Crippen LogP contribution in [0.25, 0.3) is 0 Å². The van der Waals surface area contributed by atoms with Crippen LogP contribution in [0.5, 0.6) is 5.75 Å². The van der Waals surface area contributed by atoms with E-state index in [2.05, 4.69) is 27.6 Å². The van der Waals surface area contributed by atoms with Crippen LogP contribution in [-0.4, -0.2) is 22.6 Å². The summed E-state index contributed by atoms with van der Waals surface area (Å²) in [4.78, 5) is 3.93. The molecule has 1 aromatic carbocycles. The largest absolute Gasteiger partial charge is 0.508 e. The minimum Gasteiger partial charge on any atom is -0.508 e. The molecule has 0 unspecified atom stereocenters. The van der Waals surface area contributed by atoms with Gasteiger partial charge in [-0.25, -0.2) is 0 Å². The third-order valence-corrected chi connectivity index (χ3v) is 2.83. The van der Waals surface area contributed by atoms with Crippen LogP contribution in [0.2, 0.25) is 0 Å². The Morgan fingerprint density at radius 3 is 2.87 bits per heavy atom. The van der Waals surface area contributed by atoms with Crippen LogP contribution < -0.4 is 5.73 Å². The summed E-state index contributed by atoms with van der Waals surface area (Å²) in [5.41, 5.74) is 6.04. The summed E-state index contributed by atoms with van der Waals surface area (Å²) in [6, 6.07) is 4.86. The first kappa shape index (κ1) is 12.3. The number of phenols is 1. The van der Waals surface area contributed by atoms with Gasteiger partial charge in [-0.1, -0.05) is 0 Å². The second-order valence-corrected chi connectivity index (χ2v) is 4.37. The fourth-order valence-corrected chi connectivity index (χ4v) is 1.81. The van der Waals surface area contributed by atoms with Crippen molar-refractivity contribution in [2.75, 3.05) is 6.54 Å². The molecular weight excluding hydrogens is 311 g/mol. The molecule has 4 N–H and O–H groups in total. The van der Waals surface area contributed by atoms with Crippen LogP contribution in [0.15, 0.2) is 23.2 Å². The SMILES string of the molecule is CC(N)=NC[C@H](O)c1cc(O)ccc1[131I]. The Balaban J connectivity index is 2.85. The van der Waals surface area contributed by atoms with Gasteiger partial charge in [-0.3, -0.25) is 4.99 Å². The predicted molar refractivity (Wildman–Crippen MR) is 67.9 cm³/mol. The summed E-state index contributed by atoms with van der Waals surface area (Å²) in [5, 5.41) is 19.1. The van der Waals surface area contributed by atoms with Crippen LogP contribution in [0.3, 0.4) is 0 Å². The molecule has 0 aliphatic rings. The molecule has 0 aliphatic heterocycles. The molecule has 0 saturated carbocycles. The maximum Gasteiger partial charge on any atom is 0.116 e. The Hall–Kier alpha value is -0.820. The normalized spacial score (nSPS) is 13.9. The number of aliphatic hydroxyl groups excluding tert-OH is 1. The summed E-state index contributed by atoms with van der Waals surface area (Å²) >= 11 is 2.10. The Morgan fingerprint density at radius 2 is 2.27 bits per heavy atom. The van der Waals surface area contributed by atoms with Crippen LogP contribution in [0.1, 0.15) is 18.6 Å². The lowest BCUT2D eigenvalue weighted by Gasteiger charge is -2.11. The number of aliphatic imine (C=N–C) groups is 1. The molecule has 0 heterocycles. The van der Waals surface area contributed by atoms with E-state index in [0.29, 0.717) is 11.4 Å². The summed E-state index contributed by atoms with van der Waals surface area (Å²) in [7, 11) is 0. The summed E-state index contributed by atoms with van der Waals surface area (Å²) < 4.78 is 0.891. The Bertz CT molecular complexity index is 376. The molecule has 0 bridgehead atoms. The number of amidine groups is 1. The smallest absolute Gasteiger partial charge is 0.116 e. The van der Waals surface area contributed by atoms with Gasteiger partial charge in [0.1, 0.15) is 5.75 Å². The lowest BCUT2D eigenvalue weighted by atomic mass is 10.1. The Kier molecular flexibility index (Phi) is 4.34. The Morgan fingerprint density at radius 1 is 1.60 bits per heavy atom. The number of benzene rings is 1. The van der Waals surface area contributed by atoms with E-state index in [1.165, 1.54) is 6.07 Å². The van der Waals surface area contributed by atoms with Crippen LogP contribution in [0, 0.1) is 3.57 Å². The maximum absolute atomic E-state index is 9.80. The van der Waals surface area contributed by atoms with Crippen LogP contribution in [0.4, 0.5) is 0 Å². The molecule has 0 spiro atoms. The van der Waals surface area contributed by atoms with E-state index in [0.717, 1.165) is 3.57 Å². The van der Waals surface area contributed by atoms with Crippen LogP contribution in [-0.2, 0) is 0 Å². The van der Waals surface area contributed by atoms with E-state index in [1.807, 2.05) is 0 Å². The highest BCUT2D eigenvalue weighted by Crippen LogP contribution is 2.24. The van der Waals surface area contributed by atoms with E-state index in [1.54, 1.807) is 19.1 Å². The van der Waals surface area contributed by atoms with Crippen molar-refractivity contribution in [3.8, 4) is 5.75 Å². The highest BCUT2D eigenvalue weighted by Gasteiger charge is 2.11. The quantitative estimate of drug-likeness (QED) is 0.447. The summed E-state index contributed by atoms with van der Waals surface area (Å²) in [5.74, 6) is 0.571. The van der Waals surface area contributed by atoms with Crippen molar-refractivity contribution in [3.05, 3.63) is 27.3 Å². The highest BCUT2D eigenvalue weighted by atomic mass is 131. The monoisotopic (exact) mass is 324 g/mol. The first-order valence-electron chi connectivity index (χ1n) is 4.43. The molecule has 0 aliphatic carbocycles. The van der Waals surface area contributed by atoms with Crippen molar-refractivity contribution in [1.29, 1.82) is 0 Å². The molecule has 0 aromatic heterocycles. The molecule has 5 heteroatoms. The minimum absolute atomic E-state index is 0.137. The lowest BCUT2D eigenvalue weighted by Crippen LogP contribution is -2.10. The van der Waals surface area contributed by atoms with E-state index >= 15 is 0 Å². The van der Waals surface area contributed by atoms with Gasteiger partial charge in [0.2, 0.25) is 0 Å². The molecule has 1 rings (SSSR count). The highest BCUT2D eigenvalue weighted by molar-refractivity contribution is 14.1. The zero-order valence-electron chi connectivity index (χ0n) is 8.31. The fraction of sp³-hybridized carbons (Fsp3) is 0.300.